The first-order valence-electron chi connectivity index (χ1n) is 31.0. The standard InChI is InChI=1S/C64H118O6/c1-4-7-10-13-16-19-22-25-27-29-31-32-34-35-37-39-42-45-48-51-54-57-63(66)69-60-61(59-68-62(65)56-53-50-47-44-41-24-21-18-15-12-9-6-3)70-64(67)58-55-52-49-46-43-40-38-36-33-30-28-26-23-20-17-14-11-8-5-2/h17,20,25-28,61H,4-16,18-19,21-24,29-60H2,1-3H3/b20-17-,27-25-,28-26-/t61-/m0/s1. The molecule has 6 nitrogen and oxygen atoms in total. The van der Waals surface area contributed by atoms with Gasteiger partial charge in [-0.05, 0) is 77.0 Å². The van der Waals surface area contributed by atoms with Gasteiger partial charge in [0.2, 0.25) is 0 Å². The van der Waals surface area contributed by atoms with Crippen molar-refractivity contribution < 1.29 is 28.6 Å². The molecule has 0 saturated carbocycles. The summed E-state index contributed by atoms with van der Waals surface area (Å²) in [7, 11) is 0. The fourth-order valence-electron chi connectivity index (χ4n) is 9.18. The third kappa shape index (κ3) is 56.5. The second-order valence-corrected chi connectivity index (χ2v) is 21.0. The second-order valence-electron chi connectivity index (χ2n) is 21.0. The molecule has 0 aliphatic heterocycles. The van der Waals surface area contributed by atoms with Gasteiger partial charge < -0.3 is 14.2 Å². The Morgan fingerprint density at radius 1 is 0.286 bits per heavy atom. The third-order valence-corrected chi connectivity index (χ3v) is 13.9. The summed E-state index contributed by atoms with van der Waals surface area (Å²) in [6.07, 6.45) is 71.4. The highest BCUT2D eigenvalue weighted by Gasteiger charge is 2.19. The molecule has 0 aromatic carbocycles. The highest BCUT2D eigenvalue weighted by molar-refractivity contribution is 5.71. The quantitative estimate of drug-likeness (QED) is 0.0261. The summed E-state index contributed by atoms with van der Waals surface area (Å²) in [6.45, 7) is 6.65. The summed E-state index contributed by atoms with van der Waals surface area (Å²) in [5.41, 5.74) is 0. The second kappa shape index (κ2) is 59.2. The van der Waals surface area contributed by atoms with Crippen molar-refractivity contribution in [3.8, 4) is 0 Å². The Balaban J connectivity index is 4.29. The molecular formula is C64H118O6. The van der Waals surface area contributed by atoms with E-state index in [1.165, 1.54) is 231 Å². The minimum absolute atomic E-state index is 0.0698. The molecule has 410 valence electrons. The van der Waals surface area contributed by atoms with Crippen molar-refractivity contribution in [3.63, 3.8) is 0 Å². The zero-order valence-corrected chi connectivity index (χ0v) is 47.1. The maximum absolute atomic E-state index is 12.9. The average molecular weight is 984 g/mol. The highest BCUT2D eigenvalue weighted by atomic mass is 16.6. The van der Waals surface area contributed by atoms with Crippen LogP contribution in [0.5, 0.6) is 0 Å². The minimum Gasteiger partial charge on any atom is -0.462 e. The van der Waals surface area contributed by atoms with E-state index in [1.807, 2.05) is 0 Å². The van der Waals surface area contributed by atoms with Crippen molar-refractivity contribution in [2.24, 2.45) is 0 Å². The van der Waals surface area contributed by atoms with Crippen LogP contribution in [0.3, 0.4) is 0 Å². The van der Waals surface area contributed by atoms with E-state index < -0.39 is 6.10 Å². The van der Waals surface area contributed by atoms with E-state index in [0.717, 1.165) is 64.2 Å². The molecule has 0 unspecified atom stereocenters. The lowest BCUT2D eigenvalue weighted by molar-refractivity contribution is -0.167. The Morgan fingerprint density at radius 3 is 0.829 bits per heavy atom. The normalized spacial score (nSPS) is 12.2. The molecule has 0 radical (unpaired) electrons. The topological polar surface area (TPSA) is 78.9 Å². The van der Waals surface area contributed by atoms with Crippen LogP contribution in [0.4, 0.5) is 0 Å². The van der Waals surface area contributed by atoms with Crippen LogP contribution in [-0.2, 0) is 28.6 Å². The number of ether oxygens (including phenoxy) is 3. The predicted octanol–water partition coefficient (Wildman–Crippen LogP) is 20.8. The number of hydrogen-bond acceptors (Lipinski definition) is 6. The summed E-state index contributed by atoms with van der Waals surface area (Å²) in [5, 5.41) is 0. The van der Waals surface area contributed by atoms with Gasteiger partial charge in [0.15, 0.2) is 6.10 Å². The van der Waals surface area contributed by atoms with Gasteiger partial charge in [-0.3, -0.25) is 14.4 Å². The summed E-state index contributed by atoms with van der Waals surface area (Å²) < 4.78 is 16.9. The van der Waals surface area contributed by atoms with Gasteiger partial charge in [-0.1, -0.05) is 276 Å². The van der Waals surface area contributed by atoms with Gasteiger partial charge in [0.05, 0.1) is 0 Å². The molecule has 0 aliphatic carbocycles. The molecule has 70 heavy (non-hydrogen) atoms. The largest absolute Gasteiger partial charge is 0.462 e. The lowest BCUT2D eigenvalue weighted by Gasteiger charge is -2.18. The molecule has 0 heterocycles. The average Bonchev–Trinajstić information content (AvgIpc) is 3.36. The van der Waals surface area contributed by atoms with Crippen LogP contribution in [0.25, 0.3) is 0 Å². The van der Waals surface area contributed by atoms with Crippen LogP contribution >= 0.6 is 0 Å². The number of allylic oxidation sites excluding steroid dienone is 6. The zero-order valence-electron chi connectivity index (χ0n) is 47.1. The SMILES string of the molecule is CCCCC/C=C\C/C=C\CCCCCCCCCCCC(=O)O[C@@H](COC(=O)CCCCCCCCCCCCCC)COC(=O)CCCCCCCCCCCCC/C=C\CCCCCCCC. The van der Waals surface area contributed by atoms with E-state index in [1.54, 1.807) is 0 Å². The van der Waals surface area contributed by atoms with E-state index in [2.05, 4.69) is 57.2 Å². The van der Waals surface area contributed by atoms with E-state index in [9.17, 15) is 14.4 Å². The fraction of sp³-hybridized carbons (Fsp3) is 0.859. The van der Waals surface area contributed by atoms with Crippen LogP contribution < -0.4 is 0 Å². The van der Waals surface area contributed by atoms with Gasteiger partial charge >= 0.3 is 17.9 Å². The van der Waals surface area contributed by atoms with Crippen molar-refractivity contribution in [1.82, 2.24) is 0 Å². The molecule has 0 aromatic heterocycles. The first-order valence-corrected chi connectivity index (χ1v) is 31.0. The van der Waals surface area contributed by atoms with E-state index >= 15 is 0 Å². The number of unbranched alkanes of at least 4 members (excludes halogenated alkanes) is 40. The molecule has 0 N–H and O–H groups in total. The van der Waals surface area contributed by atoms with Gasteiger partial charge in [-0.15, -0.1) is 0 Å². The molecule has 0 bridgehead atoms. The number of rotatable bonds is 57. The Labute approximate surface area is 435 Å². The molecule has 0 saturated heterocycles. The summed E-state index contributed by atoms with van der Waals surface area (Å²) in [4.78, 5) is 38.2. The van der Waals surface area contributed by atoms with Crippen LogP contribution in [0.2, 0.25) is 0 Å². The van der Waals surface area contributed by atoms with Gasteiger partial charge in [-0.2, -0.15) is 0 Å². The van der Waals surface area contributed by atoms with Gasteiger partial charge in [0.1, 0.15) is 13.2 Å². The number of carbonyl (C=O) groups excluding carboxylic acids is 3. The van der Waals surface area contributed by atoms with Crippen LogP contribution in [0, 0.1) is 0 Å². The fourth-order valence-corrected chi connectivity index (χ4v) is 9.18. The molecular weight excluding hydrogens is 865 g/mol. The number of hydrogen-bond donors (Lipinski definition) is 0. The summed E-state index contributed by atoms with van der Waals surface area (Å²) in [5.74, 6) is -0.854. The molecule has 0 aliphatic rings. The highest BCUT2D eigenvalue weighted by Crippen LogP contribution is 2.17. The van der Waals surface area contributed by atoms with Gasteiger partial charge in [0, 0.05) is 19.3 Å². The Hall–Kier alpha value is -2.37. The van der Waals surface area contributed by atoms with Crippen LogP contribution in [0.1, 0.15) is 335 Å². The summed E-state index contributed by atoms with van der Waals surface area (Å²) >= 11 is 0. The van der Waals surface area contributed by atoms with E-state index in [0.29, 0.717) is 19.3 Å². The maximum Gasteiger partial charge on any atom is 0.306 e. The Kier molecular flexibility index (Phi) is 57.2. The number of esters is 3. The molecule has 0 rings (SSSR count). The smallest absolute Gasteiger partial charge is 0.306 e. The minimum atomic E-state index is -0.772. The van der Waals surface area contributed by atoms with Gasteiger partial charge in [0.25, 0.3) is 0 Å². The third-order valence-electron chi connectivity index (χ3n) is 13.9. The monoisotopic (exact) mass is 983 g/mol. The van der Waals surface area contributed by atoms with Gasteiger partial charge in [-0.25, -0.2) is 0 Å². The molecule has 0 spiro atoms. The molecule has 0 amide bonds. The van der Waals surface area contributed by atoms with E-state index in [4.69, 9.17) is 14.2 Å². The van der Waals surface area contributed by atoms with E-state index in [-0.39, 0.29) is 31.1 Å². The molecule has 0 fully saturated rings. The van der Waals surface area contributed by atoms with Crippen molar-refractivity contribution in [2.75, 3.05) is 13.2 Å². The maximum atomic E-state index is 12.9. The zero-order chi connectivity index (χ0) is 50.7. The van der Waals surface area contributed by atoms with Crippen molar-refractivity contribution in [3.05, 3.63) is 36.5 Å². The predicted molar refractivity (Wildman–Crippen MR) is 302 cm³/mol. The first kappa shape index (κ1) is 67.6. The number of carbonyl (C=O) groups is 3. The van der Waals surface area contributed by atoms with Crippen molar-refractivity contribution >= 4 is 17.9 Å². The molecule has 0 aromatic rings. The molecule has 6 heteroatoms. The summed E-state index contributed by atoms with van der Waals surface area (Å²) in [6, 6.07) is 0. The van der Waals surface area contributed by atoms with Crippen LogP contribution in [-0.4, -0.2) is 37.2 Å². The lowest BCUT2D eigenvalue weighted by atomic mass is 10.0. The first-order chi connectivity index (χ1) is 34.5. The van der Waals surface area contributed by atoms with Crippen molar-refractivity contribution in [2.45, 2.75) is 341 Å². The Bertz CT molecular complexity index is 1170. The lowest BCUT2D eigenvalue weighted by Crippen LogP contribution is -2.30. The van der Waals surface area contributed by atoms with Crippen LogP contribution in [0.15, 0.2) is 36.5 Å². The molecule has 1 atom stereocenters. The van der Waals surface area contributed by atoms with Crippen molar-refractivity contribution in [1.29, 1.82) is 0 Å². The Morgan fingerprint density at radius 2 is 0.514 bits per heavy atom.